The number of esters is 1. The van der Waals surface area contributed by atoms with Crippen molar-refractivity contribution in [1.29, 1.82) is 0 Å². The fraction of sp³-hybridized carbons (Fsp3) is 0.323. The third-order valence-electron chi connectivity index (χ3n) is 6.37. The Balaban J connectivity index is 1.52. The van der Waals surface area contributed by atoms with E-state index in [4.69, 9.17) is 23.5 Å². The van der Waals surface area contributed by atoms with E-state index in [1.807, 2.05) is 84.9 Å². The molecule has 0 aliphatic carbocycles. The molecular formula is C31H36N3O7P. The quantitative estimate of drug-likeness (QED) is 0.127. The normalized spacial score (nSPS) is 12.1. The smallest absolute Gasteiger partial charge is 0.408 e. The molecule has 4 aromatic rings. The number of aromatic nitrogens is 2. The molecule has 0 spiro atoms. The molecule has 1 amide bonds. The molecule has 222 valence electrons. The van der Waals surface area contributed by atoms with E-state index < -0.39 is 25.7 Å². The number of rotatable bonds is 15. The van der Waals surface area contributed by atoms with Crippen LogP contribution in [0.1, 0.15) is 37.2 Å². The number of alkyl carbamates (subject to hydrolysis) is 1. The Morgan fingerprint density at radius 1 is 0.833 bits per heavy atom. The summed E-state index contributed by atoms with van der Waals surface area (Å²) >= 11 is 0. The van der Waals surface area contributed by atoms with Crippen LogP contribution >= 0.6 is 7.60 Å². The van der Waals surface area contributed by atoms with Crippen LogP contribution in [0.25, 0.3) is 11.0 Å². The number of nitrogens with one attached hydrogen (secondary N) is 1. The molecule has 0 saturated carbocycles. The van der Waals surface area contributed by atoms with Gasteiger partial charge in [-0.05, 0) is 43.5 Å². The molecule has 0 radical (unpaired) electrons. The topological polar surface area (TPSA) is 118 Å². The van der Waals surface area contributed by atoms with Gasteiger partial charge in [0.15, 0.2) is 0 Å². The molecule has 0 fully saturated rings. The molecular weight excluding hydrogens is 557 g/mol. The van der Waals surface area contributed by atoms with E-state index in [0.29, 0.717) is 11.3 Å². The SMILES string of the molecule is CCOP(=O)(Cn1c(CC[C@H](NC(=O)OCc2ccccc2)C(=O)OCc2ccccc2)nc2ccccc21)OCC. The summed E-state index contributed by atoms with van der Waals surface area (Å²) in [5.74, 6) is -0.0383. The zero-order chi connectivity index (χ0) is 29.8. The Hall–Kier alpha value is -3.98. The van der Waals surface area contributed by atoms with Crippen molar-refractivity contribution in [3.05, 3.63) is 102 Å². The molecule has 4 rings (SSSR count). The van der Waals surface area contributed by atoms with Crippen molar-refractivity contribution in [2.24, 2.45) is 0 Å². The average molecular weight is 594 g/mol. The maximum absolute atomic E-state index is 13.4. The molecule has 1 heterocycles. The molecule has 0 saturated heterocycles. The lowest BCUT2D eigenvalue weighted by atomic mass is 10.1. The summed E-state index contributed by atoms with van der Waals surface area (Å²) in [4.78, 5) is 30.7. The van der Waals surface area contributed by atoms with Gasteiger partial charge in [0.05, 0.1) is 24.2 Å². The Bertz CT molecular complexity index is 1480. The molecule has 0 unspecified atom stereocenters. The molecule has 10 nitrogen and oxygen atoms in total. The number of amides is 1. The maximum atomic E-state index is 13.4. The number of carbonyl (C=O) groups excluding carboxylic acids is 2. The second-order valence-corrected chi connectivity index (χ2v) is 11.4. The van der Waals surface area contributed by atoms with E-state index in [1.54, 1.807) is 18.4 Å². The number of hydrogen-bond donors (Lipinski definition) is 1. The van der Waals surface area contributed by atoms with Crippen LogP contribution in [-0.2, 0) is 53.8 Å². The van der Waals surface area contributed by atoms with Crippen LogP contribution in [0.15, 0.2) is 84.9 Å². The molecule has 0 bridgehead atoms. The zero-order valence-corrected chi connectivity index (χ0v) is 24.7. The number of ether oxygens (including phenoxy) is 2. The van der Waals surface area contributed by atoms with Crippen molar-refractivity contribution in [2.75, 3.05) is 13.2 Å². The van der Waals surface area contributed by atoms with Crippen molar-refractivity contribution >= 4 is 30.7 Å². The van der Waals surface area contributed by atoms with Gasteiger partial charge in [0.1, 0.15) is 31.4 Å². The van der Waals surface area contributed by atoms with Gasteiger partial charge in [0.2, 0.25) is 0 Å². The number of aryl methyl sites for hydroxylation is 1. The number of para-hydroxylation sites is 2. The Morgan fingerprint density at radius 3 is 2.02 bits per heavy atom. The highest BCUT2D eigenvalue weighted by atomic mass is 31.2. The van der Waals surface area contributed by atoms with Crippen molar-refractivity contribution < 1.29 is 32.7 Å². The Kier molecular flexibility index (Phi) is 11.3. The lowest BCUT2D eigenvalue weighted by Crippen LogP contribution is -2.42. The summed E-state index contributed by atoms with van der Waals surface area (Å²) < 4.78 is 37.2. The van der Waals surface area contributed by atoms with Crippen LogP contribution in [0, 0.1) is 0 Å². The van der Waals surface area contributed by atoms with Crippen LogP contribution in [0.4, 0.5) is 4.79 Å². The third-order valence-corrected chi connectivity index (χ3v) is 8.30. The number of imidazole rings is 1. The van der Waals surface area contributed by atoms with Crippen LogP contribution in [0.3, 0.4) is 0 Å². The molecule has 1 N–H and O–H groups in total. The molecule has 0 aliphatic rings. The molecule has 3 aromatic carbocycles. The predicted octanol–water partition coefficient (Wildman–Crippen LogP) is 6.23. The summed E-state index contributed by atoms with van der Waals surface area (Å²) in [6.07, 6.45) is -0.367. The maximum Gasteiger partial charge on any atom is 0.408 e. The highest BCUT2D eigenvalue weighted by molar-refractivity contribution is 7.52. The van der Waals surface area contributed by atoms with Gasteiger partial charge in [-0.1, -0.05) is 72.8 Å². The molecule has 1 aromatic heterocycles. The standard InChI is InChI=1S/C31H36N3O7P/c1-3-40-42(37,41-4-2)23-34-28-18-12-11-17-26(28)32-29(34)20-19-27(30(35)38-21-24-13-7-5-8-14-24)33-31(36)39-22-25-15-9-6-10-16-25/h5-18,27H,3-4,19-23H2,1-2H3,(H,33,36)/t27-/m0/s1. The first-order valence-corrected chi connectivity index (χ1v) is 15.6. The summed E-state index contributed by atoms with van der Waals surface area (Å²) in [5, 5.41) is 2.66. The molecule has 1 atom stereocenters. The van der Waals surface area contributed by atoms with Gasteiger partial charge in [0.25, 0.3) is 0 Å². The van der Waals surface area contributed by atoms with Gasteiger partial charge in [0, 0.05) is 6.42 Å². The van der Waals surface area contributed by atoms with Crippen molar-refractivity contribution in [2.45, 2.75) is 52.2 Å². The van der Waals surface area contributed by atoms with E-state index in [1.165, 1.54) is 0 Å². The minimum absolute atomic E-state index is 0.0415. The number of nitrogens with zero attached hydrogens (tertiary/aromatic N) is 2. The van der Waals surface area contributed by atoms with Crippen LogP contribution < -0.4 is 5.32 Å². The summed E-state index contributed by atoms with van der Waals surface area (Å²) in [7, 11) is -3.47. The average Bonchev–Trinajstić information content (AvgIpc) is 3.34. The monoisotopic (exact) mass is 593 g/mol. The first-order valence-electron chi connectivity index (χ1n) is 13.9. The second kappa shape index (κ2) is 15.3. The summed E-state index contributed by atoms with van der Waals surface area (Å²) in [5.41, 5.74) is 3.09. The fourth-order valence-electron chi connectivity index (χ4n) is 4.42. The summed E-state index contributed by atoms with van der Waals surface area (Å²) in [6, 6.07) is 25.0. The largest absolute Gasteiger partial charge is 0.459 e. The number of hydrogen-bond acceptors (Lipinski definition) is 8. The highest BCUT2D eigenvalue weighted by Gasteiger charge is 2.29. The Labute approximate surface area is 245 Å². The molecule has 11 heteroatoms. The highest BCUT2D eigenvalue weighted by Crippen LogP contribution is 2.50. The lowest BCUT2D eigenvalue weighted by Gasteiger charge is -2.20. The van der Waals surface area contributed by atoms with Gasteiger partial charge in [-0.15, -0.1) is 0 Å². The second-order valence-electron chi connectivity index (χ2n) is 9.42. The van der Waals surface area contributed by atoms with E-state index in [0.717, 1.165) is 16.6 Å². The molecule has 42 heavy (non-hydrogen) atoms. The minimum atomic E-state index is -3.47. The van der Waals surface area contributed by atoms with E-state index in [9.17, 15) is 14.2 Å². The van der Waals surface area contributed by atoms with E-state index >= 15 is 0 Å². The molecule has 0 aliphatic heterocycles. The predicted molar refractivity (Wildman–Crippen MR) is 159 cm³/mol. The Morgan fingerprint density at radius 2 is 1.40 bits per heavy atom. The van der Waals surface area contributed by atoms with Gasteiger partial charge in [-0.2, -0.15) is 0 Å². The minimum Gasteiger partial charge on any atom is -0.459 e. The van der Waals surface area contributed by atoms with Crippen LogP contribution in [0.5, 0.6) is 0 Å². The first-order chi connectivity index (χ1) is 20.4. The van der Waals surface area contributed by atoms with Crippen molar-refractivity contribution in [3.63, 3.8) is 0 Å². The van der Waals surface area contributed by atoms with Crippen LogP contribution in [-0.4, -0.2) is 40.9 Å². The first kappa shape index (κ1) is 31.0. The number of benzene rings is 3. The fourth-order valence-corrected chi connectivity index (χ4v) is 6.10. The lowest BCUT2D eigenvalue weighted by molar-refractivity contribution is -0.147. The van der Waals surface area contributed by atoms with E-state index in [-0.39, 0.29) is 45.6 Å². The summed E-state index contributed by atoms with van der Waals surface area (Å²) in [6.45, 7) is 4.08. The number of carbonyl (C=O) groups is 2. The van der Waals surface area contributed by atoms with E-state index in [2.05, 4.69) is 5.32 Å². The van der Waals surface area contributed by atoms with Gasteiger partial charge in [-0.25, -0.2) is 14.6 Å². The van der Waals surface area contributed by atoms with Crippen molar-refractivity contribution in [1.82, 2.24) is 14.9 Å². The van der Waals surface area contributed by atoms with Crippen molar-refractivity contribution in [3.8, 4) is 0 Å². The van der Waals surface area contributed by atoms with Gasteiger partial charge < -0.3 is 28.4 Å². The van der Waals surface area contributed by atoms with Gasteiger partial charge >= 0.3 is 19.7 Å². The van der Waals surface area contributed by atoms with Crippen LogP contribution in [0.2, 0.25) is 0 Å². The van der Waals surface area contributed by atoms with Gasteiger partial charge in [-0.3, -0.25) is 4.57 Å². The number of fused-ring (bicyclic) bond motifs is 1. The third kappa shape index (κ3) is 8.76. The zero-order valence-electron chi connectivity index (χ0n) is 23.8.